The highest BCUT2D eigenvalue weighted by Crippen LogP contribution is 2.27. The number of piperazine rings is 1. The van der Waals surface area contributed by atoms with Crippen molar-refractivity contribution in [2.75, 3.05) is 19.6 Å². The molecule has 2 heterocycles. The smallest absolute Gasteiger partial charge is 0.257 e. The summed E-state index contributed by atoms with van der Waals surface area (Å²) in [7, 11) is 1.81. The summed E-state index contributed by atoms with van der Waals surface area (Å²) in [5.74, 6) is 0.0123. The van der Waals surface area contributed by atoms with E-state index in [1.165, 1.54) is 0 Å². The first-order valence-electron chi connectivity index (χ1n) is 8.09. The molecule has 0 aliphatic carbocycles. The van der Waals surface area contributed by atoms with Crippen molar-refractivity contribution in [3.8, 4) is 0 Å². The molecular formula is C18H22N4O2. The zero-order chi connectivity index (χ0) is 17.3. The van der Waals surface area contributed by atoms with Gasteiger partial charge in [-0.25, -0.2) is 0 Å². The minimum atomic E-state index is -0.143. The van der Waals surface area contributed by atoms with Gasteiger partial charge in [-0.3, -0.25) is 14.3 Å². The molecule has 3 rings (SSSR count). The molecule has 6 heteroatoms. The molecule has 0 bridgehead atoms. The largest absolute Gasteiger partial charge is 0.339 e. The van der Waals surface area contributed by atoms with Crippen molar-refractivity contribution in [2.45, 2.75) is 19.9 Å². The second-order valence-electron chi connectivity index (χ2n) is 6.19. The number of aromatic nitrogens is 2. The number of hydrogen-bond donors (Lipinski definition) is 0. The summed E-state index contributed by atoms with van der Waals surface area (Å²) in [4.78, 5) is 28.5. The molecule has 24 heavy (non-hydrogen) atoms. The zero-order valence-electron chi connectivity index (χ0n) is 14.3. The van der Waals surface area contributed by atoms with Crippen LogP contribution in [-0.2, 0) is 11.8 Å². The highest BCUT2D eigenvalue weighted by atomic mass is 16.2. The predicted molar refractivity (Wildman–Crippen MR) is 90.4 cm³/mol. The van der Waals surface area contributed by atoms with Crippen molar-refractivity contribution in [2.24, 2.45) is 7.05 Å². The summed E-state index contributed by atoms with van der Waals surface area (Å²) in [6.45, 7) is 5.02. The summed E-state index contributed by atoms with van der Waals surface area (Å²) in [5.41, 5.74) is 2.39. The van der Waals surface area contributed by atoms with E-state index < -0.39 is 0 Å². The summed E-state index contributed by atoms with van der Waals surface area (Å²) < 4.78 is 1.66. The summed E-state index contributed by atoms with van der Waals surface area (Å²) in [5, 5.41) is 4.27. The second-order valence-corrected chi connectivity index (χ2v) is 6.19. The van der Waals surface area contributed by atoms with Crippen LogP contribution in [0.5, 0.6) is 0 Å². The van der Waals surface area contributed by atoms with Crippen LogP contribution in [0.25, 0.3) is 0 Å². The fourth-order valence-electron chi connectivity index (χ4n) is 3.24. The van der Waals surface area contributed by atoms with Crippen LogP contribution in [0, 0.1) is 6.92 Å². The number of benzene rings is 1. The molecule has 0 unspecified atom stereocenters. The lowest BCUT2D eigenvalue weighted by Crippen LogP contribution is -2.51. The van der Waals surface area contributed by atoms with E-state index in [1.54, 1.807) is 22.7 Å². The van der Waals surface area contributed by atoms with Gasteiger partial charge in [-0.2, -0.15) is 5.10 Å². The normalized spacial score (nSPS) is 17.9. The van der Waals surface area contributed by atoms with Crippen LogP contribution >= 0.6 is 0 Å². The van der Waals surface area contributed by atoms with Gasteiger partial charge in [-0.1, -0.05) is 30.3 Å². The fourth-order valence-corrected chi connectivity index (χ4v) is 3.24. The third kappa shape index (κ3) is 3.04. The molecule has 1 aliphatic rings. The first kappa shape index (κ1) is 16.2. The van der Waals surface area contributed by atoms with E-state index in [0.29, 0.717) is 25.2 Å². The van der Waals surface area contributed by atoms with E-state index in [2.05, 4.69) is 5.10 Å². The standard InChI is InChI=1S/C18H22N4O2/c1-13-16(11-20(3)19-13)18(24)22-10-9-21(14(2)23)12-17(22)15-7-5-4-6-8-15/h4-8,11,17H,9-10,12H2,1-3H3/t17-/m0/s1. The third-order valence-corrected chi connectivity index (χ3v) is 4.51. The summed E-state index contributed by atoms with van der Waals surface area (Å²) >= 11 is 0. The average Bonchev–Trinajstić information content (AvgIpc) is 2.92. The van der Waals surface area contributed by atoms with Gasteiger partial charge in [0.05, 0.1) is 17.3 Å². The molecule has 0 spiro atoms. The first-order valence-corrected chi connectivity index (χ1v) is 8.09. The molecule has 126 valence electrons. The van der Waals surface area contributed by atoms with Gasteiger partial charge in [0.15, 0.2) is 0 Å². The van der Waals surface area contributed by atoms with Crippen LogP contribution in [0.15, 0.2) is 36.5 Å². The molecule has 0 N–H and O–H groups in total. The van der Waals surface area contributed by atoms with Crippen molar-refractivity contribution in [3.05, 3.63) is 53.3 Å². The first-order chi connectivity index (χ1) is 11.5. The molecule has 1 aliphatic heterocycles. The summed E-state index contributed by atoms with van der Waals surface area (Å²) in [6, 6.07) is 9.73. The molecule has 1 fully saturated rings. The Morgan fingerprint density at radius 3 is 2.46 bits per heavy atom. The summed E-state index contributed by atoms with van der Waals surface area (Å²) in [6.07, 6.45) is 1.76. The number of nitrogens with zero attached hydrogens (tertiary/aromatic N) is 4. The minimum absolute atomic E-state index is 0.0299. The highest BCUT2D eigenvalue weighted by molar-refractivity contribution is 5.95. The molecule has 1 saturated heterocycles. The molecule has 1 atom stereocenters. The van der Waals surface area contributed by atoms with Crippen molar-refractivity contribution < 1.29 is 9.59 Å². The lowest BCUT2D eigenvalue weighted by Gasteiger charge is -2.41. The van der Waals surface area contributed by atoms with E-state index in [9.17, 15) is 9.59 Å². The number of amides is 2. The van der Waals surface area contributed by atoms with Crippen molar-refractivity contribution in [1.29, 1.82) is 0 Å². The SMILES string of the molecule is CC(=O)N1CCN(C(=O)c2cn(C)nc2C)[C@H](c2ccccc2)C1. The topological polar surface area (TPSA) is 58.4 Å². The molecule has 1 aromatic heterocycles. The minimum Gasteiger partial charge on any atom is -0.339 e. The third-order valence-electron chi connectivity index (χ3n) is 4.51. The molecular weight excluding hydrogens is 304 g/mol. The maximum atomic E-state index is 13.1. The number of rotatable bonds is 2. The predicted octanol–water partition coefficient (Wildman–Crippen LogP) is 1.77. The lowest BCUT2D eigenvalue weighted by atomic mass is 10.0. The van der Waals surface area contributed by atoms with Gasteiger partial charge in [-0.05, 0) is 12.5 Å². The van der Waals surface area contributed by atoms with Crippen LogP contribution in [0.3, 0.4) is 0 Å². The van der Waals surface area contributed by atoms with Crippen LogP contribution < -0.4 is 0 Å². The van der Waals surface area contributed by atoms with E-state index >= 15 is 0 Å². The quantitative estimate of drug-likeness (QED) is 0.845. The molecule has 0 radical (unpaired) electrons. The van der Waals surface area contributed by atoms with Gasteiger partial charge < -0.3 is 9.80 Å². The Morgan fingerprint density at radius 2 is 1.88 bits per heavy atom. The Kier molecular flexibility index (Phi) is 4.38. The van der Waals surface area contributed by atoms with Crippen LogP contribution in [-0.4, -0.2) is 51.0 Å². The van der Waals surface area contributed by atoms with Gasteiger partial charge in [0.2, 0.25) is 5.91 Å². The van der Waals surface area contributed by atoms with Gasteiger partial charge in [-0.15, -0.1) is 0 Å². The molecule has 2 aromatic rings. The Hall–Kier alpha value is -2.63. The molecule has 0 saturated carbocycles. The maximum Gasteiger partial charge on any atom is 0.257 e. The molecule has 1 aromatic carbocycles. The van der Waals surface area contributed by atoms with E-state index in [0.717, 1.165) is 11.3 Å². The van der Waals surface area contributed by atoms with Crippen molar-refractivity contribution in [1.82, 2.24) is 19.6 Å². The number of carbonyl (C=O) groups excluding carboxylic acids is 2. The molecule has 6 nitrogen and oxygen atoms in total. The van der Waals surface area contributed by atoms with E-state index in [4.69, 9.17) is 0 Å². The van der Waals surface area contributed by atoms with Gasteiger partial charge in [0, 0.05) is 39.8 Å². The average molecular weight is 326 g/mol. The van der Waals surface area contributed by atoms with Crippen molar-refractivity contribution in [3.63, 3.8) is 0 Å². The van der Waals surface area contributed by atoms with Crippen LogP contribution in [0.1, 0.15) is 34.6 Å². The second kappa shape index (κ2) is 6.47. The number of carbonyl (C=O) groups is 2. The Labute approximate surface area is 141 Å². The van der Waals surface area contributed by atoms with E-state index in [1.807, 2.05) is 49.2 Å². The van der Waals surface area contributed by atoms with Crippen LogP contribution in [0.4, 0.5) is 0 Å². The maximum absolute atomic E-state index is 13.1. The lowest BCUT2D eigenvalue weighted by molar-refractivity contribution is -0.131. The number of aryl methyl sites for hydroxylation is 2. The number of hydrogen-bond acceptors (Lipinski definition) is 3. The zero-order valence-corrected chi connectivity index (χ0v) is 14.3. The van der Waals surface area contributed by atoms with E-state index in [-0.39, 0.29) is 17.9 Å². The fraction of sp³-hybridized carbons (Fsp3) is 0.389. The monoisotopic (exact) mass is 326 g/mol. The Morgan fingerprint density at radius 1 is 1.17 bits per heavy atom. The van der Waals surface area contributed by atoms with Crippen molar-refractivity contribution >= 4 is 11.8 Å². The van der Waals surface area contributed by atoms with Gasteiger partial charge >= 0.3 is 0 Å². The van der Waals surface area contributed by atoms with Crippen LogP contribution in [0.2, 0.25) is 0 Å². The molecule has 2 amide bonds. The van der Waals surface area contributed by atoms with Gasteiger partial charge in [0.25, 0.3) is 5.91 Å². The highest BCUT2D eigenvalue weighted by Gasteiger charge is 2.34. The Balaban J connectivity index is 1.94. The Bertz CT molecular complexity index is 754. The van der Waals surface area contributed by atoms with Gasteiger partial charge in [0.1, 0.15) is 0 Å².